The Balaban J connectivity index is 2.22. The first-order valence-electron chi connectivity index (χ1n) is 6.57. The Morgan fingerprint density at radius 2 is 1.86 bits per heavy atom. The molecule has 0 amide bonds. The first-order valence-corrected chi connectivity index (χ1v) is 6.57. The third-order valence-electron chi connectivity index (χ3n) is 3.52. The minimum Gasteiger partial charge on any atom is -0.488 e. The predicted molar refractivity (Wildman–Crippen MR) is 73.0 cm³/mol. The second kappa shape index (κ2) is 6.44. The van der Waals surface area contributed by atoms with Gasteiger partial charge in [0.05, 0.1) is 6.42 Å². The zero-order chi connectivity index (χ0) is 16.3. The Morgan fingerprint density at radius 3 is 2.45 bits per heavy atom. The number of hydrogen-bond acceptors (Lipinski definition) is 5. The van der Waals surface area contributed by atoms with Gasteiger partial charge in [-0.25, -0.2) is 4.79 Å². The zero-order valence-electron chi connectivity index (χ0n) is 11.4. The Labute approximate surface area is 125 Å². The third kappa shape index (κ3) is 3.34. The van der Waals surface area contributed by atoms with E-state index in [-0.39, 0.29) is 24.3 Å². The van der Waals surface area contributed by atoms with Crippen molar-refractivity contribution in [1.82, 2.24) is 5.32 Å². The molecule has 0 spiro atoms. The molecule has 3 atom stereocenters. The lowest BCUT2D eigenvalue weighted by atomic mass is 9.94. The molecular weight excluding hydrogens is 294 g/mol. The number of benzene rings is 1. The molecule has 1 saturated heterocycles. The molecule has 4 N–H and O–H groups in total. The van der Waals surface area contributed by atoms with Gasteiger partial charge in [0.1, 0.15) is 23.5 Å². The van der Waals surface area contributed by atoms with Crippen LogP contribution < -0.4 is 10.1 Å². The zero-order valence-corrected chi connectivity index (χ0v) is 11.4. The normalized spacial score (nSPS) is 23.9. The number of rotatable bonds is 6. The van der Waals surface area contributed by atoms with Crippen molar-refractivity contribution >= 4 is 17.9 Å². The van der Waals surface area contributed by atoms with Crippen LogP contribution in [0.2, 0.25) is 0 Å². The molecule has 8 heteroatoms. The van der Waals surface area contributed by atoms with Gasteiger partial charge in [-0.3, -0.25) is 9.59 Å². The summed E-state index contributed by atoms with van der Waals surface area (Å²) in [7, 11) is 0. The molecule has 8 nitrogen and oxygen atoms in total. The van der Waals surface area contributed by atoms with E-state index in [1.165, 1.54) is 18.2 Å². The van der Waals surface area contributed by atoms with Crippen molar-refractivity contribution < 1.29 is 34.4 Å². The number of carboxylic acids is 3. The molecule has 1 unspecified atom stereocenters. The van der Waals surface area contributed by atoms with E-state index in [0.717, 1.165) is 0 Å². The number of hydrogen-bond donors (Lipinski definition) is 4. The minimum absolute atomic E-state index is 0.0599. The first-order chi connectivity index (χ1) is 10.4. The van der Waals surface area contributed by atoms with Gasteiger partial charge < -0.3 is 25.4 Å². The van der Waals surface area contributed by atoms with Crippen LogP contribution in [0.1, 0.15) is 16.8 Å². The fraction of sp³-hybridized carbons (Fsp3) is 0.357. The van der Waals surface area contributed by atoms with Gasteiger partial charge >= 0.3 is 17.9 Å². The van der Waals surface area contributed by atoms with Crippen LogP contribution in [-0.2, 0) is 9.59 Å². The maximum atomic E-state index is 11.2. The first kappa shape index (κ1) is 15.8. The maximum absolute atomic E-state index is 11.2. The molecule has 22 heavy (non-hydrogen) atoms. The van der Waals surface area contributed by atoms with Crippen LogP contribution in [-0.4, -0.2) is 51.9 Å². The number of ether oxygens (including phenoxy) is 1. The Bertz CT molecular complexity index is 601. The quantitative estimate of drug-likeness (QED) is 0.589. The Hall–Kier alpha value is -2.61. The summed E-state index contributed by atoms with van der Waals surface area (Å²) in [5.41, 5.74) is -0.0599. The van der Waals surface area contributed by atoms with Gasteiger partial charge in [0.15, 0.2) is 0 Å². The van der Waals surface area contributed by atoms with Gasteiger partial charge in [-0.2, -0.15) is 0 Å². The molecule has 0 aromatic heterocycles. The van der Waals surface area contributed by atoms with Gasteiger partial charge in [0.2, 0.25) is 0 Å². The highest BCUT2D eigenvalue weighted by molar-refractivity contribution is 5.90. The number of aromatic carboxylic acids is 1. The third-order valence-corrected chi connectivity index (χ3v) is 3.52. The molecule has 0 aliphatic carbocycles. The Kier molecular flexibility index (Phi) is 4.62. The second-order valence-electron chi connectivity index (χ2n) is 4.94. The van der Waals surface area contributed by atoms with Gasteiger partial charge in [-0.15, -0.1) is 0 Å². The standard InChI is InChI=1S/C14H15NO7/c16-11(17)5-8-10(6-15-12(8)14(20)21)22-9-4-2-1-3-7(9)13(18)19/h1-4,8,10,12,15H,5-6H2,(H,16,17)(H,18,19)(H,20,21)/t8-,10+,12?/m0/s1. The van der Waals surface area contributed by atoms with Crippen LogP contribution in [0, 0.1) is 5.92 Å². The SMILES string of the molecule is O=C(O)C[C@@H]1C(C(=O)O)NC[C@H]1Oc1ccccc1C(=O)O. The summed E-state index contributed by atoms with van der Waals surface area (Å²) >= 11 is 0. The Morgan fingerprint density at radius 1 is 1.18 bits per heavy atom. The van der Waals surface area contributed by atoms with Crippen LogP contribution in [0.3, 0.4) is 0 Å². The molecule has 1 aliphatic heterocycles. The topological polar surface area (TPSA) is 133 Å². The van der Waals surface area contributed by atoms with Crippen molar-refractivity contribution in [2.24, 2.45) is 5.92 Å². The number of carbonyl (C=O) groups is 3. The molecule has 1 fully saturated rings. The van der Waals surface area contributed by atoms with Crippen molar-refractivity contribution in [3.63, 3.8) is 0 Å². The van der Waals surface area contributed by atoms with Crippen LogP contribution >= 0.6 is 0 Å². The molecule has 2 rings (SSSR count). The molecule has 0 saturated carbocycles. The lowest BCUT2D eigenvalue weighted by Gasteiger charge is -2.22. The van der Waals surface area contributed by atoms with E-state index in [1.54, 1.807) is 6.07 Å². The summed E-state index contributed by atoms with van der Waals surface area (Å²) in [6.45, 7) is 0.128. The van der Waals surface area contributed by atoms with Crippen molar-refractivity contribution in [2.75, 3.05) is 6.54 Å². The van der Waals surface area contributed by atoms with Crippen molar-refractivity contribution in [2.45, 2.75) is 18.6 Å². The van der Waals surface area contributed by atoms with E-state index < -0.39 is 36.0 Å². The van der Waals surface area contributed by atoms with E-state index in [4.69, 9.17) is 20.1 Å². The smallest absolute Gasteiger partial charge is 0.339 e. The number of aliphatic carboxylic acids is 2. The molecule has 118 valence electrons. The van der Waals surface area contributed by atoms with Crippen LogP contribution in [0.5, 0.6) is 5.75 Å². The molecule has 1 heterocycles. The molecular formula is C14H15NO7. The van der Waals surface area contributed by atoms with E-state index in [2.05, 4.69) is 5.32 Å². The fourth-order valence-corrected chi connectivity index (χ4v) is 2.52. The van der Waals surface area contributed by atoms with Gasteiger partial charge in [-0.1, -0.05) is 12.1 Å². The monoisotopic (exact) mass is 309 g/mol. The molecule has 1 aliphatic rings. The summed E-state index contributed by atoms with van der Waals surface area (Å²) in [6.07, 6.45) is -1.12. The maximum Gasteiger partial charge on any atom is 0.339 e. The van der Waals surface area contributed by atoms with E-state index in [0.29, 0.717) is 0 Å². The van der Waals surface area contributed by atoms with Gasteiger partial charge in [0, 0.05) is 12.5 Å². The number of nitrogens with one attached hydrogen (secondary N) is 1. The number of carboxylic acid groups (broad SMARTS) is 3. The average molecular weight is 309 g/mol. The summed E-state index contributed by atoms with van der Waals surface area (Å²) < 4.78 is 5.59. The fourth-order valence-electron chi connectivity index (χ4n) is 2.52. The summed E-state index contributed by atoms with van der Waals surface area (Å²) in [4.78, 5) is 33.2. The molecule has 0 radical (unpaired) electrons. The van der Waals surface area contributed by atoms with Crippen molar-refractivity contribution in [1.29, 1.82) is 0 Å². The van der Waals surface area contributed by atoms with Gasteiger partial charge in [-0.05, 0) is 12.1 Å². The summed E-state index contributed by atoms with van der Waals surface area (Å²) in [5.74, 6) is -4.19. The van der Waals surface area contributed by atoms with Crippen molar-refractivity contribution in [3.05, 3.63) is 29.8 Å². The highest BCUT2D eigenvalue weighted by Crippen LogP contribution is 2.27. The predicted octanol–water partition coefficient (Wildman–Crippen LogP) is 0.280. The van der Waals surface area contributed by atoms with Gasteiger partial charge in [0.25, 0.3) is 0 Å². The molecule has 0 bridgehead atoms. The lowest BCUT2D eigenvalue weighted by molar-refractivity contribution is -0.142. The minimum atomic E-state index is -1.17. The highest BCUT2D eigenvalue weighted by atomic mass is 16.5. The van der Waals surface area contributed by atoms with E-state index in [1.807, 2.05) is 0 Å². The largest absolute Gasteiger partial charge is 0.488 e. The lowest BCUT2D eigenvalue weighted by Crippen LogP contribution is -2.38. The molecule has 1 aromatic carbocycles. The van der Waals surface area contributed by atoms with Crippen LogP contribution in [0.4, 0.5) is 0 Å². The van der Waals surface area contributed by atoms with Crippen molar-refractivity contribution in [3.8, 4) is 5.75 Å². The van der Waals surface area contributed by atoms with Crippen LogP contribution in [0.25, 0.3) is 0 Å². The van der Waals surface area contributed by atoms with Crippen LogP contribution in [0.15, 0.2) is 24.3 Å². The second-order valence-corrected chi connectivity index (χ2v) is 4.94. The van der Waals surface area contributed by atoms with E-state index in [9.17, 15) is 14.4 Å². The molecule has 1 aromatic rings. The highest BCUT2D eigenvalue weighted by Gasteiger charge is 2.43. The summed E-state index contributed by atoms with van der Waals surface area (Å²) in [5, 5.41) is 29.9. The van der Waals surface area contributed by atoms with E-state index >= 15 is 0 Å². The number of para-hydroxylation sites is 1. The average Bonchev–Trinajstić information content (AvgIpc) is 2.81. The summed E-state index contributed by atoms with van der Waals surface area (Å²) in [6, 6.07) is 4.90.